The fraction of sp³-hybridized carbons (Fsp3) is 0.857. The Labute approximate surface area is 197 Å². The summed E-state index contributed by atoms with van der Waals surface area (Å²) in [6.45, 7) is 2.67. The Morgan fingerprint density at radius 1 is 0.719 bits per heavy atom. The van der Waals surface area contributed by atoms with Gasteiger partial charge in [0.25, 0.3) is 0 Å². The third-order valence-electron chi connectivity index (χ3n) is 6.79. The van der Waals surface area contributed by atoms with Gasteiger partial charge in [0, 0.05) is 0 Å². The highest BCUT2D eigenvalue weighted by Gasteiger charge is 2.36. The zero-order valence-corrected chi connectivity index (χ0v) is 20.8. The van der Waals surface area contributed by atoms with Crippen LogP contribution in [0.2, 0.25) is 0 Å². The number of carbonyl (C=O) groups excluding carboxylic acids is 1. The first-order valence-corrected chi connectivity index (χ1v) is 13.7. The molecule has 1 rings (SSSR count). The van der Waals surface area contributed by atoms with Crippen molar-refractivity contribution < 1.29 is 19.4 Å². The van der Waals surface area contributed by atoms with Crippen LogP contribution in [0.4, 0.5) is 0 Å². The van der Waals surface area contributed by atoms with Gasteiger partial charge in [-0.2, -0.15) is 0 Å². The molecule has 0 aromatic rings. The number of unbranched alkanes of at least 4 members (excludes halogenated alkanes) is 14. The third-order valence-corrected chi connectivity index (χ3v) is 6.79. The van der Waals surface area contributed by atoms with Crippen molar-refractivity contribution in [1.29, 1.82) is 0 Å². The lowest BCUT2D eigenvalue weighted by atomic mass is 9.79. The van der Waals surface area contributed by atoms with Crippen molar-refractivity contribution in [2.24, 2.45) is 11.8 Å². The molecule has 0 radical (unpaired) electrons. The summed E-state index contributed by atoms with van der Waals surface area (Å²) in [7, 11) is 0. The first-order valence-electron chi connectivity index (χ1n) is 13.7. The van der Waals surface area contributed by atoms with Gasteiger partial charge in [0.15, 0.2) is 0 Å². The molecule has 4 heteroatoms. The molecular weight excluding hydrogens is 400 g/mol. The number of hydrogen-bond acceptors (Lipinski definition) is 3. The molecule has 1 aliphatic rings. The van der Waals surface area contributed by atoms with Crippen LogP contribution in [0.15, 0.2) is 12.2 Å². The van der Waals surface area contributed by atoms with Gasteiger partial charge in [0.05, 0.1) is 18.4 Å². The average molecular weight is 451 g/mol. The van der Waals surface area contributed by atoms with Crippen molar-refractivity contribution in [1.82, 2.24) is 0 Å². The molecule has 1 fully saturated rings. The second-order valence-corrected chi connectivity index (χ2v) is 9.65. The molecule has 32 heavy (non-hydrogen) atoms. The van der Waals surface area contributed by atoms with Gasteiger partial charge >= 0.3 is 11.9 Å². The van der Waals surface area contributed by atoms with E-state index < -0.39 is 17.8 Å². The summed E-state index contributed by atoms with van der Waals surface area (Å²) >= 11 is 0. The number of carboxylic acid groups (broad SMARTS) is 1. The van der Waals surface area contributed by atoms with Crippen LogP contribution in [0.1, 0.15) is 135 Å². The number of esters is 1. The van der Waals surface area contributed by atoms with Gasteiger partial charge in [-0.05, 0) is 38.5 Å². The van der Waals surface area contributed by atoms with Gasteiger partial charge in [0.1, 0.15) is 0 Å². The van der Waals surface area contributed by atoms with E-state index in [9.17, 15) is 14.7 Å². The number of rotatable bonds is 20. The summed E-state index contributed by atoms with van der Waals surface area (Å²) in [4.78, 5) is 23.5. The molecule has 0 aromatic carbocycles. The second kappa shape index (κ2) is 20.3. The summed E-state index contributed by atoms with van der Waals surface area (Å²) < 4.78 is 5.35. The van der Waals surface area contributed by atoms with Crippen molar-refractivity contribution in [2.45, 2.75) is 135 Å². The van der Waals surface area contributed by atoms with Crippen LogP contribution >= 0.6 is 0 Å². The molecule has 0 bridgehead atoms. The maximum Gasteiger partial charge on any atom is 0.309 e. The summed E-state index contributed by atoms with van der Waals surface area (Å²) in [5.74, 6) is -2.18. The number of ether oxygens (including phenoxy) is 1. The van der Waals surface area contributed by atoms with Crippen molar-refractivity contribution >= 4 is 11.9 Å². The van der Waals surface area contributed by atoms with Gasteiger partial charge in [-0.25, -0.2) is 0 Å². The molecule has 1 aliphatic carbocycles. The van der Waals surface area contributed by atoms with E-state index in [1.807, 2.05) is 0 Å². The quantitative estimate of drug-likeness (QED) is 0.115. The number of allylic oxidation sites excluding steroid dienone is 2. The molecule has 0 amide bonds. The average Bonchev–Trinajstić information content (AvgIpc) is 2.80. The lowest BCUT2D eigenvalue weighted by Gasteiger charge is -2.26. The molecule has 2 atom stereocenters. The Morgan fingerprint density at radius 3 is 1.72 bits per heavy atom. The minimum absolute atomic E-state index is 0.312. The van der Waals surface area contributed by atoms with Crippen molar-refractivity contribution in [2.75, 3.05) is 6.61 Å². The molecule has 186 valence electrons. The van der Waals surface area contributed by atoms with E-state index in [0.29, 0.717) is 19.4 Å². The zero-order chi connectivity index (χ0) is 23.3. The molecule has 1 saturated carbocycles. The Morgan fingerprint density at radius 2 is 1.19 bits per heavy atom. The molecule has 4 nitrogen and oxygen atoms in total. The summed E-state index contributed by atoms with van der Waals surface area (Å²) in [6, 6.07) is 0. The SMILES string of the molecule is CCCCCCCCCCCCCCC/C=C/CCCOC(=O)C1CCCCC1C(=O)O. The van der Waals surface area contributed by atoms with Crippen LogP contribution in [-0.2, 0) is 14.3 Å². The number of aliphatic carboxylic acids is 1. The van der Waals surface area contributed by atoms with Crippen LogP contribution in [-0.4, -0.2) is 23.7 Å². The minimum Gasteiger partial charge on any atom is -0.481 e. The number of hydrogen-bond donors (Lipinski definition) is 1. The minimum atomic E-state index is -0.859. The van der Waals surface area contributed by atoms with Crippen LogP contribution in [0.3, 0.4) is 0 Å². The highest BCUT2D eigenvalue weighted by atomic mass is 16.5. The van der Waals surface area contributed by atoms with Crippen LogP contribution in [0, 0.1) is 11.8 Å². The molecule has 0 saturated heterocycles. The summed E-state index contributed by atoms with van der Waals surface area (Å²) in [5.41, 5.74) is 0. The van der Waals surface area contributed by atoms with E-state index in [2.05, 4.69) is 19.1 Å². The number of carboxylic acids is 1. The van der Waals surface area contributed by atoms with Crippen LogP contribution in [0.5, 0.6) is 0 Å². The number of carbonyl (C=O) groups is 2. The highest BCUT2D eigenvalue weighted by Crippen LogP contribution is 2.31. The van der Waals surface area contributed by atoms with Crippen LogP contribution in [0.25, 0.3) is 0 Å². The fourth-order valence-electron chi connectivity index (χ4n) is 4.71. The Bertz CT molecular complexity index is 500. The first kappa shape index (κ1) is 28.7. The van der Waals surface area contributed by atoms with Crippen molar-refractivity contribution in [3.63, 3.8) is 0 Å². The maximum atomic E-state index is 12.2. The van der Waals surface area contributed by atoms with Crippen molar-refractivity contribution in [3.05, 3.63) is 12.2 Å². The lowest BCUT2D eigenvalue weighted by molar-refractivity contribution is -0.159. The van der Waals surface area contributed by atoms with E-state index >= 15 is 0 Å². The van der Waals surface area contributed by atoms with E-state index in [1.165, 1.54) is 83.5 Å². The monoisotopic (exact) mass is 450 g/mol. The maximum absolute atomic E-state index is 12.2. The fourth-order valence-corrected chi connectivity index (χ4v) is 4.71. The van der Waals surface area contributed by atoms with Crippen LogP contribution < -0.4 is 0 Å². The first-order chi connectivity index (χ1) is 15.7. The van der Waals surface area contributed by atoms with Gasteiger partial charge < -0.3 is 9.84 Å². The molecule has 0 aliphatic heterocycles. The third kappa shape index (κ3) is 14.7. The standard InChI is InChI=1S/C28H50O4/c1-2-3-4-5-6-7-8-9-10-11-12-13-14-15-16-17-18-21-24-32-28(31)26-23-20-19-22-25(26)27(29)30/h16-17,25-26H,2-15,18-24H2,1H3,(H,29,30)/b17-16+. The predicted molar refractivity (Wildman–Crippen MR) is 133 cm³/mol. The van der Waals surface area contributed by atoms with E-state index in [-0.39, 0.29) is 5.97 Å². The predicted octanol–water partition coefficient (Wildman–Crippen LogP) is 8.24. The van der Waals surface area contributed by atoms with Gasteiger partial charge in [0.2, 0.25) is 0 Å². The zero-order valence-electron chi connectivity index (χ0n) is 20.8. The molecule has 0 heterocycles. The highest BCUT2D eigenvalue weighted by molar-refractivity contribution is 5.81. The van der Waals surface area contributed by atoms with Gasteiger partial charge in [-0.15, -0.1) is 0 Å². The topological polar surface area (TPSA) is 63.6 Å². The smallest absolute Gasteiger partial charge is 0.309 e. The van der Waals surface area contributed by atoms with E-state index in [0.717, 1.165) is 32.1 Å². The van der Waals surface area contributed by atoms with Gasteiger partial charge in [-0.1, -0.05) is 109 Å². The molecular formula is C28H50O4. The largest absolute Gasteiger partial charge is 0.481 e. The Kier molecular flexibility index (Phi) is 18.2. The van der Waals surface area contributed by atoms with E-state index in [1.54, 1.807) is 0 Å². The van der Waals surface area contributed by atoms with Gasteiger partial charge in [-0.3, -0.25) is 9.59 Å². The second-order valence-electron chi connectivity index (χ2n) is 9.65. The Balaban J connectivity index is 1.86. The lowest BCUT2D eigenvalue weighted by Crippen LogP contribution is -2.33. The Hall–Kier alpha value is -1.32. The van der Waals surface area contributed by atoms with E-state index in [4.69, 9.17) is 4.74 Å². The summed E-state index contributed by atoms with van der Waals surface area (Å²) in [6.07, 6.45) is 28.4. The molecule has 0 aromatic heterocycles. The molecule has 0 spiro atoms. The molecule has 2 unspecified atom stereocenters. The molecule has 1 N–H and O–H groups in total. The summed E-state index contributed by atoms with van der Waals surface area (Å²) in [5, 5.41) is 9.27. The van der Waals surface area contributed by atoms with Crippen molar-refractivity contribution in [3.8, 4) is 0 Å². The normalized spacial score (nSPS) is 18.8.